The number of rotatable bonds is 3. The molecule has 2 N–H and O–H groups in total. The Bertz CT molecular complexity index is 1280. The average Bonchev–Trinajstić information content (AvgIpc) is 3.27. The lowest BCUT2D eigenvalue weighted by Crippen LogP contribution is -2.56. The zero-order chi connectivity index (χ0) is 23.8. The number of pyridine rings is 1. The number of carbonyl (C=O) groups excluding carboxylic acids is 2. The number of alkyl halides is 2. The number of aromatic hydroxyl groups is 1. The number of fused-ring (bicyclic) bond motifs is 6. The van der Waals surface area contributed by atoms with Gasteiger partial charge in [-0.1, -0.05) is 6.07 Å². The zero-order valence-electron chi connectivity index (χ0n) is 17.4. The van der Waals surface area contributed by atoms with Gasteiger partial charge in [-0.05, 0) is 19.4 Å². The Labute approximate surface area is 184 Å². The number of nitrogens with one attached hydrogen (secondary N) is 1. The van der Waals surface area contributed by atoms with Crippen LogP contribution in [0.2, 0.25) is 0 Å². The molecule has 3 aliphatic rings. The molecule has 2 aliphatic heterocycles. The molecule has 7 nitrogen and oxygen atoms in total. The number of hydrogen-bond acceptors (Lipinski definition) is 4. The van der Waals surface area contributed by atoms with Gasteiger partial charge in [-0.15, -0.1) is 0 Å². The molecule has 2 bridgehead atoms. The molecule has 1 saturated heterocycles. The van der Waals surface area contributed by atoms with Crippen molar-refractivity contribution >= 4 is 11.8 Å². The first-order valence-corrected chi connectivity index (χ1v) is 10.4. The third-order valence-electron chi connectivity index (χ3n) is 6.95. The lowest BCUT2D eigenvalue weighted by atomic mass is 9.92. The van der Waals surface area contributed by atoms with Crippen LogP contribution in [-0.2, 0) is 13.1 Å². The summed E-state index contributed by atoms with van der Waals surface area (Å²) in [5.41, 5.74) is -2.20. The van der Waals surface area contributed by atoms with Gasteiger partial charge in [-0.3, -0.25) is 14.4 Å². The van der Waals surface area contributed by atoms with Gasteiger partial charge >= 0.3 is 0 Å². The van der Waals surface area contributed by atoms with E-state index in [-0.39, 0.29) is 36.3 Å². The Morgan fingerprint density at radius 1 is 1.27 bits per heavy atom. The molecule has 2 aromatic rings. The van der Waals surface area contributed by atoms with Gasteiger partial charge in [0, 0.05) is 48.8 Å². The van der Waals surface area contributed by atoms with Crippen LogP contribution < -0.4 is 10.7 Å². The second kappa shape index (κ2) is 7.06. The fraction of sp³-hybridized carbons (Fsp3) is 0.409. The Kier molecular flexibility index (Phi) is 4.60. The van der Waals surface area contributed by atoms with E-state index in [1.807, 2.05) is 0 Å². The lowest BCUT2D eigenvalue weighted by molar-refractivity contribution is -0.0887. The molecule has 2 amide bonds. The van der Waals surface area contributed by atoms with Crippen molar-refractivity contribution in [1.29, 1.82) is 0 Å². The van der Waals surface area contributed by atoms with Crippen molar-refractivity contribution < 1.29 is 32.3 Å². The van der Waals surface area contributed by atoms with E-state index in [2.05, 4.69) is 5.32 Å². The number of halogens is 4. The number of amides is 2. The molecule has 1 aliphatic carbocycles. The van der Waals surface area contributed by atoms with Crippen LogP contribution in [0, 0.1) is 24.5 Å². The maximum atomic E-state index is 14.2. The summed E-state index contributed by atoms with van der Waals surface area (Å²) >= 11 is 0. The van der Waals surface area contributed by atoms with Crippen molar-refractivity contribution in [2.75, 3.05) is 0 Å². The van der Waals surface area contributed by atoms with E-state index in [9.17, 15) is 37.1 Å². The number of piperidine rings is 1. The summed E-state index contributed by atoms with van der Waals surface area (Å²) in [5.74, 6) is -8.16. The number of carbonyl (C=O) groups is 2. The fourth-order valence-electron chi connectivity index (χ4n) is 5.29. The molecule has 0 spiro atoms. The Morgan fingerprint density at radius 3 is 2.73 bits per heavy atom. The summed E-state index contributed by atoms with van der Waals surface area (Å²) < 4.78 is 57.3. The molecule has 3 heterocycles. The van der Waals surface area contributed by atoms with Gasteiger partial charge in [0.1, 0.15) is 17.2 Å². The number of aromatic nitrogens is 1. The standard InChI is InChI=1S/C22H19F4N3O4/c1-9-14(23)3-2-10(16(9)24)6-27-20(32)12-7-28-8-15-13-4-11(5-22(13,25)26)29(15)21(33)17(28)19(31)18(12)30/h2-3,7,11,13,15,31H,4-6,8H2,1H3,(H,27,32)/t11-,13?,15+/m1/s1. The van der Waals surface area contributed by atoms with Gasteiger partial charge < -0.3 is 19.9 Å². The monoisotopic (exact) mass is 465 g/mol. The van der Waals surface area contributed by atoms with E-state index in [0.29, 0.717) is 0 Å². The minimum absolute atomic E-state index is 0.0143. The van der Waals surface area contributed by atoms with Gasteiger partial charge in [-0.25, -0.2) is 17.6 Å². The molecular weight excluding hydrogens is 446 g/mol. The quantitative estimate of drug-likeness (QED) is 0.681. The van der Waals surface area contributed by atoms with Crippen molar-refractivity contribution in [2.45, 2.75) is 50.9 Å². The SMILES string of the molecule is Cc1c(F)ccc(CNC(=O)c2cn3c(c(O)c2=O)C(=O)N2[C@@H]4CC([C@@H]2C3)C(F)(F)C4)c1F. The molecule has 1 unspecified atom stereocenters. The fourth-order valence-corrected chi connectivity index (χ4v) is 5.29. The van der Waals surface area contributed by atoms with Crippen molar-refractivity contribution in [2.24, 2.45) is 5.92 Å². The first-order chi connectivity index (χ1) is 15.5. The summed E-state index contributed by atoms with van der Waals surface area (Å²) in [5, 5.41) is 12.8. The van der Waals surface area contributed by atoms with E-state index in [4.69, 9.17) is 0 Å². The number of hydrogen-bond donors (Lipinski definition) is 2. The third-order valence-corrected chi connectivity index (χ3v) is 6.95. The highest BCUT2D eigenvalue weighted by Crippen LogP contribution is 2.53. The predicted molar refractivity (Wildman–Crippen MR) is 106 cm³/mol. The van der Waals surface area contributed by atoms with Crippen LogP contribution >= 0.6 is 0 Å². The summed E-state index contributed by atoms with van der Waals surface area (Å²) in [6.45, 7) is 0.778. The number of nitrogens with zero attached hydrogens (tertiary/aromatic N) is 2. The normalized spacial score (nSPS) is 24.6. The highest BCUT2D eigenvalue weighted by atomic mass is 19.3. The van der Waals surface area contributed by atoms with E-state index in [0.717, 1.165) is 22.9 Å². The minimum atomic E-state index is -2.91. The van der Waals surface area contributed by atoms with Crippen molar-refractivity contribution in [1.82, 2.24) is 14.8 Å². The number of benzene rings is 1. The summed E-state index contributed by atoms with van der Waals surface area (Å²) in [4.78, 5) is 39.5. The van der Waals surface area contributed by atoms with Gasteiger partial charge in [0.25, 0.3) is 17.7 Å². The molecule has 0 radical (unpaired) electrons. The molecule has 3 atom stereocenters. The molecule has 5 rings (SSSR count). The molecule has 1 saturated carbocycles. The topological polar surface area (TPSA) is 91.6 Å². The molecule has 1 aromatic carbocycles. The Hall–Kier alpha value is -3.37. The van der Waals surface area contributed by atoms with Crippen LogP contribution in [0.4, 0.5) is 17.6 Å². The Morgan fingerprint density at radius 2 is 2.00 bits per heavy atom. The van der Waals surface area contributed by atoms with Crippen LogP contribution in [-0.4, -0.2) is 44.4 Å². The molecule has 174 valence electrons. The summed E-state index contributed by atoms with van der Waals surface area (Å²) in [6, 6.07) is 0.718. The lowest BCUT2D eigenvalue weighted by Gasteiger charge is -2.42. The van der Waals surface area contributed by atoms with Crippen LogP contribution in [0.5, 0.6) is 5.75 Å². The first-order valence-electron chi connectivity index (χ1n) is 10.4. The van der Waals surface area contributed by atoms with Gasteiger partial charge in [0.15, 0.2) is 11.4 Å². The van der Waals surface area contributed by atoms with Gasteiger partial charge in [-0.2, -0.15) is 0 Å². The van der Waals surface area contributed by atoms with Crippen LogP contribution in [0.25, 0.3) is 0 Å². The van der Waals surface area contributed by atoms with E-state index >= 15 is 0 Å². The van der Waals surface area contributed by atoms with Gasteiger partial charge in [0.2, 0.25) is 5.43 Å². The molecule has 33 heavy (non-hydrogen) atoms. The maximum absolute atomic E-state index is 14.2. The van der Waals surface area contributed by atoms with E-state index in [1.54, 1.807) is 0 Å². The first kappa shape index (κ1) is 21.5. The van der Waals surface area contributed by atoms with Crippen molar-refractivity contribution in [3.8, 4) is 5.75 Å². The van der Waals surface area contributed by atoms with Crippen molar-refractivity contribution in [3.63, 3.8) is 0 Å². The minimum Gasteiger partial charge on any atom is -0.503 e. The third kappa shape index (κ3) is 3.05. The maximum Gasteiger partial charge on any atom is 0.275 e. The van der Waals surface area contributed by atoms with Crippen molar-refractivity contribution in [3.05, 3.63) is 62.6 Å². The van der Waals surface area contributed by atoms with E-state index < -0.39 is 70.5 Å². The Balaban J connectivity index is 1.45. The zero-order valence-corrected chi connectivity index (χ0v) is 17.4. The van der Waals surface area contributed by atoms with Crippen LogP contribution in [0.15, 0.2) is 23.1 Å². The predicted octanol–water partition coefficient (Wildman–Crippen LogP) is 2.32. The average molecular weight is 465 g/mol. The van der Waals surface area contributed by atoms with E-state index in [1.165, 1.54) is 11.8 Å². The van der Waals surface area contributed by atoms with Crippen LogP contribution in [0.3, 0.4) is 0 Å². The second-order valence-corrected chi connectivity index (χ2v) is 8.79. The summed E-state index contributed by atoms with van der Waals surface area (Å²) in [7, 11) is 0. The smallest absolute Gasteiger partial charge is 0.275 e. The highest BCUT2D eigenvalue weighted by Gasteiger charge is 2.63. The van der Waals surface area contributed by atoms with Gasteiger partial charge in [0.05, 0.1) is 6.04 Å². The molecular formula is C22H19F4N3O4. The summed E-state index contributed by atoms with van der Waals surface area (Å²) in [6.07, 6.45) is 0.738. The molecule has 2 fully saturated rings. The molecule has 11 heteroatoms. The molecule has 1 aromatic heterocycles. The largest absolute Gasteiger partial charge is 0.503 e. The second-order valence-electron chi connectivity index (χ2n) is 8.79. The van der Waals surface area contributed by atoms with Crippen LogP contribution in [0.1, 0.15) is 44.8 Å². The highest BCUT2D eigenvalue weighted by molar-refractivity contribution is 5.99.